The Balaban J connectivity index is 2.27. The fourth-order valence-corrected chi connectivity index (χ4v) is 4.70. The number of sulfone groups is 1. The quantitative estimate of drug-likeness (QED) is 0.620. The first-order chi connectivity index (χ1) is 6.41. The number of nitrogens with one attached hydrogen (secondary N) is 1. The van der Waals surface area contributed by atoms with Crippen molar-refractivity contribution in [2.75, 3.05) is 19.0 Å². The van der Waals surface area contributed by atoms with Crippen LogP contribution in [0.1, 0.15) is 20.3 Å². The van der Waals surface area contributed by atoms with Gasteiger partial charge in [0.1, 0.15) is 5.25 Å². The summed E-state index contributed by atoms with van der Waals surface area (Å²) < 4.78 is 29.0. The van der Waals surface area contributed by atoms with Crippen LogP contribution in [-0.4, -0.2) is 44.2 Å². The first kappa shape index (κ1) is 10.4. The molecule has 0 bridgehead atoms. The molecular formula is C9H17NO3S. The SMILES string of the molecule is CC1(C)CS(=O)(=O)C2COCCC2N1. The Morgan fingerprint density at radius 1 is 1.43 bits per heavy atom. The summed E-state index contributed by atoms with van der Waals surface area (Å²) in [6.45, 7) is 4.91. The topological polar surface area (TPSA) is 55.4 Å². The Labute approximate surface area is 84.9 Å². The lowest BCUT2D eigenvalue weighted by molar-refractivity contribution is 0.0700. The van der Waals surface area contributed by atoms with E-state index in [1.165, 1.54) is 0 Å². The minimum absolute atomic E-state index is 0.0810. The maximum atomic E-state index is 11.9. The number of hydrogen-bond acceptors (Lipinski definition) is 4. The highest BCUT2D eigenvalue weighted by atomic mass is 32.2. The fraction of sp³-hybridized carbons (Fsp3) is 1.00. The Morgan fingerprint density at radius 3 is 2.86 bits per heavy atom. The van der Waals surface area contributed by atoms with Gasteiger partial charge in [0.25, 0.3) is 0 Å². The van der Waals surface area contributed by atoms with Crippen molar-refractivity contribution in [1.29, 1.82) is 0 Å². The van der Waals surface area contributed by atoms with Crippen LogP contribution >= 0.6 is 0 Å². The summed E-state index contributed by atoms with van der Waals surface area (Å²) in [4.78, 5) is 0. The lowest BCUT2D eigenvalue weighted by atomic mass is 10.0. The van der Waals surface area contributed by atoms with Crippen LogP contribution in [0.15, 0.2) is 0 Å². The zero-order chi connectivity index (χ0) is 10.4. The van der Waals surface area contributed by atoms with Gasteiger partial charge in [-0.05, 0) is 20.3 Å². The number of rotatable bonds is 0. The minimum Gasteiger partial charge on any atom is -0.380 e. The number of fused-ring (bicyclic) bond motifs is 1. The summed E-state index contributed by atoms with van der Waals surface area (Å²) in [6.07, 6.45) is 0.799. The molecule has 0 amide bonds. The first-order valence-electron chi connectivity index (χ1n) is 4.98. The summed E-state index contributed by atoms with van der Waals surface area (Å²) in [5.74, 6) is 0.213. The average molecular weight is 219 g/mol. The van der Waals surface area contributed by atoms with Gasteiger partial charge >= 0.3 is 0 Å². The van der Waals surface area contributed by atoms with Gasteiger partial charge in [-0.1, -0.05) is 0 Å². The van der Waals surface area contributed by atoms with E-state index >= 15 is 0 Å². The van der Waals surface area contributed by atoms with E-state index in [0.29, 0.717) is 13.2 Å². The molecule has 2 saturated heterocycles. The highest BCUT2D eigenvalue weighted by Gasteiger charge is 2.45. The van der Waals surface area contributed by atoms with Gasteiger partial charge in [0.2, 0.25) is 0 Å². The van der Waals surface area contributed by atoms with Gasteiger partial charge in [-0.3, -0.25) is 0 Å². The second-order valence-electron chi connectivity index (χ2n) is 4.84. The van der Waals surface area contributed by atoms with Crippen molar-refractivity contribution in [3.8, 4) is 0 Å². The standard InChI is InChI=1S/C9H17NO3S/c1-9(2)6-14(11,12)8-5-13-4-3-7(8)10-9/h7-8,10H,3-6H2,1-2H3. The van der Waals surface area contributed by atoms with E-state index in [-0.39, 0.29) is 22.6 Å². The third kappa shape index (κ3) is 1.81. The molecule has 2 aliphatic rings. The predicted octanol–water partition coefficient (Wildman–Crippen LogP) is -0.0595. The summed E-state index contributed by atoms with van der Waals surface area (Å²) in [6, 6.07) is 0.0810. The molecule has 1 N–H and O–H groups in total. The van der Waals surface area contributed by atoms with E-state index < -0.39 is 9.84 Å². The molecule has 0 spiro atoms. The smallest absolute Gasteiger partial charge is 0.158 e. The van der Waals surface area contributed by atoms with Gasteiger partial charge in [-0.25, -0.2) is 8.42 Å². The number of hydrogen-bond donors (Lipinski definition) is 1. The minimum atomic E-state index is -2.98. The molecule has 14 heavy (non-hydrogen) atoms. The Hall–Kier alpha value is -0.130. The molecule has 2 aliphatic heterocycles. The highest BCUT2D eigenvalue weighted by molar-refractivity contribution is 7.92. The van der Waals surface area contributed by atoms with Crippen molar-refractivity contribution in [3.63, 3.8) is 0 Å². The lowest BCUT2D eigenvalue weighted by Crippen LogP contribution is -2.65. The molecular weight excluding hydrogens is 202 g/mol. The fourth-order valence-electron chi connectivity index (χ4n) is 2.38. The zero-order valence-corrected chi connectivity index (χ0v) is 9.43. The molecule has 2 atom stereocenters. The van der Waals surface area contributed by atoms with Crippen LogP contribution in [0.3, 0.4) is 0 Å². The first-order valence-corrected chi connectivity index (χ1v) is 6.69. The van der Waals surface area contributed by atoms with Gasteiger partial charge in [0.05, 0.1) is 12.4 Å². The maximum Gasteiger partial charge on any atom is 0.158 e. The van der Waals surface area contributed by atoms with Gasteiger partial charge in [-0.15, -0.1) is 0 Å². The van der Waals surface area contributed by atoms with E-state index in [4.69, 9.17) is 4.74 Å². The molecule has 0 aromatic carbocycles. The zero-order valence-electron chi connectivity index (χ0n) is 8.62. The van der Waals surface area contributed by atoms with Crippen LogP contribution in [0, 0.1) is 0 Å². The van der Waals surface area contributed by atoms with Gasteiger partial charge < -0.3 is 10.1 Å². The van der Waals surface area contributed by atoms with E-state index in [2.05, 4.69) is 5.32 Å². The van der Waals surface area contributed by atoms with Crippen molar-refractivity contribution in [1.82, 2.24) is 5.32 Å². The molecule has 4 nitrogen and oxygen atoms in total. The molecule has 2 unspecified atom stereocenters. The molecule has 0 saturated carbocycles. The van der Waals surface area contributed by atoms with E-state index in [1.54, 1.807) is 0 Å². The molecule has 0 radical (unpaired) electrons. The second-order valence-corrected chi connectivity index (χ2v) is 7.06. The van der Waals surface area contributed by atoms with Crippen molar-refractivity contribution >= 4 is 9.84 Å². The molecule has 2 rings (SSSR count). The van der Waals surface area contributed by atoms with E-state index in [1.807, 2.05) is 13.8 Å². The van der Waals surface area contributed by atoms with Crippen molar-refractivity contribution in [3.05, 3.63) is 0 Å². The van der Waals surface area contributed by atoms with Gasteiger partial charge in [0.15, 0.2) is 9.84 Å². The van der Waals surface area contributed by atoms with Crippen LogP contribution in [0.25, 0.3) is 0 Å². The summed E-state index contributed by atoms with van der Waals surface area (Å²) in [7, 11) is -2.98. The van der Waals surface area contributed by atoms with Gasteiger partial charge in [-0.2, -0.15) is 0 Å². The molecule has 2 fully saturated rings. The van der Waals surface area contributed by atoms with Crippen molar-refractivity contribution in [2.45, 2.75) is 37.1 Å². The normalized spacial score (nSPS) is 40.1. The summed E-state index contributed by atoms with van der Waals surface area (Å²) >= 11 is 0. The highest BCUT2D eigenvalue weighted by Crippen LogP contribution is 2.26. The summed E-state index contributed by atoms with van der Waals surface area (Å²) in [5, 5.41) is 3.06. The van der Waals surface area contributed by atoms with Crippen LogP contribution in [0.5, 0.6) is 0 Å². The Morgan fingerprint density at radius 2 is 2.14 bits per heavy atom. The Kier molecular flexibility index (Phi) is 2.36. The second kappa shape index (κ2) is 3.18. The van der Waals surface area contributed by atoms with Crippen LogP contribution in [0.4, 0.5) is 0 Å². The molecule has 0 aromatic heterocycles. The largest absolute Gasteiger partial charge is 0.380 e. The van der Waals surface area contributed by atoms with Gasteiger partial charge in [0, 0.05) is 18.2 Å². The van der Waals surface area contributed by atoms with E-state index in [0.717, 1.165) is 6.42 Å². The van der Waals surface area contributed by atoms with Crippen molar-refractivity contribution in [2.24, 2.45) is 0 Å². The Bertz CT molecular complexity index is 323. The third-order valence-electron chi connectivity index (χ3n) is 2.90. The molecule has 82 valence electrons. The maximum absolute atomic E-state index is 11.9. The van der Waals surface area contributed by atoms with Crippen molar-refractivity contribution < 1.29 is 13.2 Å². The average Bonchev–Trinajstić information content (AvgIpc) is 2.00. The monoisotopic (exact) mass is 219 g/mol. The third-order valence-corrected chi connectivity index (χ3v) is 5.41. The van der Waals surface area contributed by atoms with E-state index in [9.17, 15) is 8.42 Å². The molecule has 0 aromatic rings. The predicted molar refractivity (Wildman–Crippen MR) is 54.0 cm³/mol. The molecule has 0 aliphatic carbocycles. The van der Waals surface area contributed by atoms with Crippen LogP contribution < -0.4 is 5.32 Å². The molecule has 5 heteroatoms. The van der Waals surface area contributed by atoms with Crippen LogP contribution in [0.2, 0.25) is 0 Å². The summed E-state index contributed by atoms with van der Waals surface area (Å²) in [5.41, 5.74) is -0.294. The molecule has 2 heterocycles. The lowest BCUT2D eigenvalue weighted by Gasteiger charge is -2.43. The number of ether oxygens (including phenoxy) is 1. The van der Waals surface area contributed by atoms with Crippen LogP contribution in [-0.2, 0) is 14.6 Å².